The van der Waals surface area contributed by atoms with Gasteiger partial charge in [-0.2, -0.15) is 0 Å². The Morgan fingerprint density at radius 1 is 1.03 bits per heavy atom. The number of aliphatic hydroxyl groups excluding tert-OH is 2. The van der Waals surface area contributed by atoms with E-state index >= 15 is 0 Å². The average molecular weight is 426 g/mol. The van der Waals surface area contributed by atoms with Crippen LogP contribution >= 0.6 is 0 Å². The Kier molecular flexibility index (Phi) is 9.68. The minimum absolute atomic E-state index is 0.000731. The second-order valence-corrected chi connectivity index (χ2v) is 6.56. The van der Waals surface area contributed by atoms with Crippen molar-refractivity contribution >= 4 is 23.7 Å². The predicted octanol–water partition coefficient (Wildman–Crippen LogP) is -3.19. The fourth-order valence-electron chi connectivity index (χ4n) is 2.28. The summed E-state index contributed by atoms with van der Waals surface area (Å²) in [5.41, 5.74) is 5.94. The van der Waals surface area contributed by atoms with Gasteiger partial charge < -0.3 is 42.1 Å². The minimum atomic E-state index is -1.46. The lowest BCUT2D eigenvalue weighted by Crippen LogP contribution is -2.55. The molecule has 0 radical (unpaired) electrons. The summed E-state index contributed by atoms with van der Waals surface area (Å²) in [6.07, 6.45) is -1.23. The number of nitrogens with one attached hydrogen (secondary N) is 3. The van der Waals surface area contributed by atoms with E-state index in [0.717, 1.165) is 0 Å². The van der Waals surface area contributed by atoms with Crippen LogP contribution in [0.1, 0.15) is 12.5 Å². The molecule has 0 saturated heterocycles. The van der Waals surface area contributed by atoms with Gasteiger partial charge in [0.2, 0.25) is 17.7 Å². The molecule has 4 atom stereocenters. The molecule has 3 amide bonds. The van der Waals surface area contributed by atoms with E-state index in [1.165, 1.54) is 31.2 Å². The molecule has 9 N–H and O–H groups in total. The van der Waals surface area contributed by atoms with Crippen molar-refractivity contribution in [2.24, 2.45) is 5.73 Å². The van der Waals surface area contributed by atoms with E-state index < -0.39 is 61.1 Å². The highest BCUT2D eigenvalue weighted by molar-refractivity contribution is 5.92. The third-order valence-electron chi connectivity index (χ3n) is 4.07. The maximum Gasteiger partial charge on any atom is 0.326 e. The lowest BCUT2D eigenvalue weighted by Gasteiger charge is -2.20. The third kappa shape index (κ3) is 8.03. The van der Waals surface area contributed by atoms with Crippen molar-refractivity contribution in [1.82, 2.24) is 16.0 Å². The van der Waals surface area contributed by atoms with Crippen LogP contribution in [0, 0.1) is 0 Å². The Labute approximate surface area is 172 Å². The molecule has 0 aliphatic heterocycles. The quantitative estimate of drug-likeness (QED) is 0.179. The number of benzene rings is 1. The van der Waals surface area contributed by atoms with E-state index in [4.69, 9.17) is 5.73 Å². The van der Waals surface area contributed by atoms with E-state index in [9.17, 15) is 39.6 Å². The smallest absolute Gasteiger partial charge is 0.326 e. The Morgan fingerprint density at radius 2 is 1.63 bits per heavy atom. The number of carbonyl (C=O) groups excluding carboxylic acids is 3. The zero-order valence-electron chi connectivity index (χ0n) is 16.2. The Balaban J connectivity index is 2.64. The third-order valence-corrected chi connectivity index (χ3v) is 4.07. The summed E-state index contributed by atoms with van der Waals surface area (Å²) in [7, 11) is 0. The van der Waals surface area contributed by atoms with Gasteiger partial charge in [0.05, 0.1) is 19.3 Å². The first-order valence-electron chi connectivity index (χ1n) is 8.97. The summed E-state index contributed by atoms with van der Waals surface area (Å²) in [5, 5.41) is 43.7. The molecule has 0 saturated carbocycles. The van der Waals surface area contributed by atoms with Crippen molar-refractivity contribution in [3.8, 4) is 5.75 Å². The van der Waals surface area contributed by atoms with Gasteiger partial charge in [0.15, 0.2) is 0 Å². The normalized spacial score (nSPS) is 14.7. The molecule has 0 aliphatic rings. The highest BCUT2D eigenvalue weighted by atomic mass is 16.4. The van der Waals surface area contributed by atoms with Crippen molar-refractivity contribution in [3.63, 3.8) is 0 Å². The molecule has 1 rings (SSSR count). The summed E-state index contributed by atoms with van der Waals surface area (Å²) in [4.78, 5) is 47.2. The van der Waals surface area contributed by atoms with Gasteiger partial charge in [0.25, 0.3) is 0 Å². The maximum atomic E-state index is 12.3. The molecule has 30 heavy (non-hydrogen) atoms. The molecule has 12 heteroatoms. The molecule has 0 bridgehead atoms. The largest absolute Gasteiger partial charge is 0.508 e. The molecule has 0 heterocycles. The van der Waals surface area contributed by atoms with Gasteiger partial charge in [-0.1, -0.05) is 12.1 Å². The molecule has 12 nitrogen and oxygen atoms in total. The number of aromatic hydroxyl groups is 1. The average Bonchev–Trinajstić information content (AvgIpc) is 2.70. The number of carbonyl (C=O) groups is 4. The fraction of sp³-hybridized carbons (Fsp3) is 0.444. The summed E-state index contributed by atoms with van der Waals surface area (Å²) < 4.78 is 0. The van der Waals surface area contributed by atoms with Crippen molar-refractivity contribution in [2.75, 3.05) is 13.2 Å². The maximum absolute atomic E-state index is 12.3. The van der Waals surface area contributed by atoms with Gasteiger partial charge in [-0.3, -0.25) is 14.4 Å². The number of hydrogen-bond acceptors (Lipinski definition) is 8. The number of nitrogens with two attached hydrogens (primary N) is 1. The number of rotatable bonds is 11. The van der Waals surface area contributed by atoms with E-state index in [0.29, 0.717) is 5.56 Å². The lowest BCUT2D eigenvalue weighted by atomic mass is 10.1. The predicted molar refractivity (Wildman–Crippen MR) is 103 cm³/mol. The highest BCUT2D eigenvalue weighted by Gasteiger charge is 2.27. The summed E-state index contributed by atoms with van der Waals surface area (Å²) in [5.74, 6) is -3.90. The zero-order valence-corrected chi connectivity index (χ0v) is 16.2. The Morgan fingerprint density at radius 3 is 2.13 bits per heavy atom. The van der Waals surface area contributed by atoms with Gasteiger partial charge in [-0.05, 0) is 24.6 Å². The monoisotopic (exact) mass is 426 g/mol. The van der Waals surface area contributed by atoms with Gasteiger partial charge in [-0.15, -0.1) is 0 Å². The van der Waals surface area contributed by atoms with Gasteiger partial charge in [-0.25, -0.2) is 4.79 Å². The van der Waals surface area contributed by atoms with Crippen LogP contribution in [-0.2, 0) is 25.6 Å². The van der Waals surface area contributed by atoms with Gasteiger partial charge in [0.1, 0.15) is 23.9 Å². The molecule has 4 unspecified atom stereocenters. The van der Waals surface area contributed by atoms with Crippen molar-refractivity contribution in [1.29, 1.82) is 0 Å². The molecule has 166 valence electrons. The Hall–Kier alpha value is -3.22. The molecule has 1 aromatic rings. The number of carboxylic acid groups (broad SMARTS) is 1. The SMILES string of the molecule is CC(O)C(N)C(=O)NCC(=O)NC(CO)C(=O)NC(Cc1ccc(O)cc1)C(=O)O. The van der Waals surface area contributed by atoms with Crippen LogP contribution in [0.25, 0.3) is 0 Å². The summed E-state index contributed by atoms with van der Waals surface area (Å²) >= 11 is 0. The van der Waals surface area contributed by atoms with Crippen LogP contribution in [-0.4, -0.2) is 81.5 Å². The van der Waals surface area contributed by atoms with Crippen LogP contribution in [0.3, 0.4) is 0 Å². The number of hydrogen-bond donors (Lipinski definition) is 8. The van der Waals surface area contributed by atoms with Gasteiger partial charge in [0, 0.05) is 6.42 Å². The number of aliphatic hydroxyl groups is 2. The fourth-order valence-corrected chi connectivity index (χ4v) is 2.28. The topological polar surface area (TPSA) is 211 Å². The van der Waals surface area contributed by atoms with Gasteiger partial charge >= 0.3 is 5.97 Å². The number of carboxylic acids is 1. The van der Waals surface area contributed by atoms with Crippen LogP contribution in [0.2, 0.25) is 0 Å². The number of phenols is 1. The molecule has 0 spiro atoms. The lowest BCUT2D eigenvalue weighted by molar-refractivity contribution is -0.142. The van der Waals surface area contributed by atoms with E-state index in [2.05, 4.69) is 16.0 Å². The van der Waals surface area contributed by atoms with E-state index in [-0.39, 0.29) is 12.2 Å². The number of amides is 3. The van der Waals surface area contributed by atoms with E-state index in [1.807, 2.05) is 0 Å². The Bertz CT molecular complexity index is 753. The first-order chi connectivity index (χ1) is 14.0. The summed E-state index contributed by atoms with van der Waals surface area (Å²) in [6, 6.07) is 1.66. The second-order valence-electron chi connectivity index (χ2n) is 6.56. The van der Waals surface area contributed by atoms with Crippen LogP contribution in [0.5, 0.6) is 5.75 Å². The van der Waals surface area contributed by atoms with Crippen molar-refractivity contribution in [3.05, 3.63) is 29.8 Å². The van der Waals surface area contributed by atoms with Crippen LogP contribution < -0.4 is 21.7 Å². The molecule has 1 aromatic carbocycles. The highest BCUT2D eigenvalue weighted by Crippen LogP contribution is 2.11. The van der Waals surface area contributed by atoms with Crippen LogP contribution in [0.4, 0.5) is 0 Å². The minimum Gasteiger partial charge on any atom is -0.508 e. The number of phenolic OH excluding ortho intramolecular Hbond substituents is 1. The molecule has 0 aromatic heterocycles. The first-order valence-corrected chi connectivity index (χ1v) is 8.97. The summed E-state index contributed by atoms with van der Waals surface area (Å²) in [6.45, 7) is -0.0867. The van der Waals surface area contributed by atoms with Crippen LogP contribution in [0.15, 0.2) is 24.3 Å². The standard InChI is InChI=1S/C18H26N4O8/c1-9(24)15(19)17(28)20-7-14(26)21-13(8-23)16(27)22-12(18(29)30)6-10-2-4-11(25)5-3-10/h2-5,9,12-13,15,23-25H,6-8,19H2,1H3,(H,20,28)(H,21,26)(H,22,27)(H,29,30). The molecular formula is C18H26N4O8. The first kappa shape index (κ1) is 24.8. The second kappa shape index (κ2) is 11.7. The number of aliphatic carboxylic acids is 1. The molecular weight excluding hydrogens is 400 g/mol. The zero-order chi connectivity index (χ0) is 22.8. The molecule has 0 aliphatic carbocycles. The van der Waals surface area contributed by atoms with Crippen molar-refractivity contribution < 1.29 is 39.6 Å². The molecule has 0 fully saturated rings. The van der Waals surface area contributed by atoms with E-state index in [1.54, 1.807) is 0 Å². The van der Waals surface area contributed by atoms with Crippen molar-refractivity contribution in [2.45, 2.75) is 37.6 Å².